The van der Waals surface area contributed by atoms with E-state index in [0.29, 0.717) is 12.3 Å². The summed E-state index contributed by atoms with van der Waals surface area (Å²) in [6.45, 7) is 0.0768. The number of rotatable bonds is 5. The highest BCUT2D eigenvalue weighted by atomic mass is 32.2. The molecule has 0 radical (unpaired) electrons. The Balaban J connectivity index is 2.12. The van der Waals surface area contributed by atoms with Gasteiger partial charge in [-0.1, -0.05) is 19.3 Å². The molecule has 12 heteroatoms. The van der Waals surface area contributed by atoms with Crippen molar-refractivity contribution in [2.24, 2.45) is 11.8 Å². The molecule has 142 valence electrons. The molecule has 1 saturated carbocycles. The molecule has 1 N–H and O–H groups in total. The van der Waals surface area contributed by atoms with Crippen molar-refractivity contribution < 1.29 is 39.3 Å². The quantitative estimate of drug-likeness (QED) is 0.431. The van der Waals surface area contributed by atoms with Gasteiger partial charge in [-0.2, -0.15) is 34.8 Å². The van der Waals surface area contributed by atoms with Crippen LogP contribution in [0.1, 0.15) is 32.1 Å². The molecule has 1 aliphatic heterocycles. The van der Waals surface area contributed by atoms with Gasteiger partial charge < -0.3 is 0 Å². The van der Waals surface area contributed by atoms with Crippen LogP contribution in [0.15, 0.2) is 0 Å². The molecular formula is C12H17F6NO3S2. The lowest BCUT2D eigenvalue weighted by atomic mass is 9.76. The van der Waals surface area contributed by atoms with Gasteiger partial charge in [-0.05, 0) is 24.7 Å². The molecule has 0 bridgehead atoms. The van der Waals surface area contributed by atoms with E-state index in [-0.39, 0.29) is 19.0 Å². The van der Waals surface area contributed by atoms with Gasteiger partial charge in [-0.15, -0.1) is 0 Å². The molecule has 1 saturated heterocycles. The summed E-state index contributed by atoms with van der Waals surface area (Å²) < 4.78 is 111. The van der Waals surface area contributed by atoms with Gasteiger partial charge in [-0.3, -0.25) is 4.55 Å². The van der Waals surface area contributed by atoms with Crippen LogP contribution < -0.4 is 0 Å². The lowest BCUT2D eigenvalue weighted by Crippen LogP contribution is -2.57. The summed E-state index contributed by atoms with van der Waals surface area (Å²) in [6.07, 6.45) is 4.09. The van der Waals surface area contributed by atoms with E-state index in [4.69, 9.17) is 4.55 Å². The maximum Gasteiger partial charge on any atom is 0.438 e. The summed E-state index contributed by atoms with van der Waals surface area (Å²) in [5.41, 5.74) is 0. The average molecular weight is 401 g/mol. The van der Waals surface area contributed by atoms with Crippen LogP contribution in [-0.4, -0.2) is 46.8 Å². The fourth-order valence-electron chi connectivity index (χ4n) is 3.20. The second-order valence-electron chi connectivity index (χ2n) is 6.16. The van der Waals surface area contributed by atoms with E-state index in [1.165, 1.54) is 0 Å². The number of hydrogen-bond donors (Lipinski definition) is 1. The van der Waals surface area contributed by atoms with E-state index < -0.39 is 38.5 Å². The number of fused-ring (bicyclic) bond motifs is 1. The lowest BCUT2D eigenvalue weighted by molar-refractivity contribution is -0.243. The van der Waals surface area contributed by atoms with Gasteiger partial charge >= 0.3 is 26.5 Å². The van der Waals surface area contributed by atoms with Crippen LogP contribution in [0, 0.1) is 11.8 Å². The fourth-order valence-corrected chi connectivity index (χ4v) is 4.75. The molecule has 1 heterocycles. The predicted octanol–water partition coefficient (Wildman–Crippen LogP) is 3.86. The monoisotopic (exact) mass is 401 g/mol. The van der Waals surface area contributed by atoms with Gasteiger partial charge in [0.1, 0.15) is 0 Å². The third-order valence-corrected chi connectivity index (χ3v) is 6.53. The SMILES string of the molecule is O=S(=O)(O)C(F)(F)C(F)(F)C(F)(F)SN1CCC2CCCCC2C1. The maximum absolute atomic E-state index is 13.8. The Bertz CT molecular complexity index is 571. The average Bonchev–Trinajstić information content (AvgIpc) is 2.45. The number of piperidine rings is 1. The first-order valence-electron chi connectivity index (χ1n) is 7.34. The van der Waals surface area contributed by atoms with Crippen LogP contribution in [0.2, 0.25) is 0 Å². The zero-order valence-electron chi connectivity index (χ0n) is 12.4. The molecule has 0 amide bonds. The molecule has 24 heavy (non-hydrogen) atoms. The molecule has 2 aliphatic rings. The molecule has 1 aliphatic carbocycles. The summed E-state index contributed by atoms with van der Waals surface area (Å²) in [5.74, 6) is -5.92. The molecule has 0 aromatic heterocycles. The van der Waals surface area contributed by atoms with Gasteiger partial charge in [0.15, 0.2) is 0 Å². The smallest absolute Gasteiger partial charge is 0.281 e. The van der Waals surface area contributed by atoms with Crippen molar-refractivity contribution in [3.8, 4) is 0 Å². The molecule has 0 aromatic carbocycles. The molecule has 4 nitrogen and oxygen atoms in total. The summed E-state index contributed by atoms with van der Waals surface area (Å²) in [7, 11) is -6.70. The van der Waals surface area contributed by atoms with Crippen LogP contribution >= 0.6 is 11.9 Å². The van der Waals surface area contributed by atoms with E-state index in [1.54, 1.807) is 0 Å². The second kappa shape index (κ2) is 6.51. The van der Waals surface area contributed by atoms with Crippen LogP contribution in [0.3, 0.4) is 0 Å². The lowest BCUT2D eigenvalue weighted by Gasteiger charge is -2.42. The van der Waals surface area contributed by atoms with Gasteiger partial charge in [-0.25, -0.2) is 4.31 Å². The third-order valence-electron chi connectivity index (χ3n) is 4.55. The van der Waals surface area contributed by atoms with E-state index in [2.05, 4.69) is 0 Å². The largest absolute Gasteiger partial charge is 0.438 e. The van der Waals surface area contributed by atoms with Crippen LogP contribution in [0.5, 0.6) is 0 Å². The first-order valence-corrected chi connectivity index (χ1v) is 9.55. The van der Waals surface area contributed by atoms with Crippen molar-refractivity contribution in [2.75, 3.05) is 13.1 Å². The van der Waals surface area contributed by atoms with Crippen molar-refractivity contribution in [3.63, 3.8) is 0 Å². The van der Waals surface area contributed by atoms with Gasteiger partial charge in [0, 0.05) is 25.0 Å². The Morgan fingerprint density at radius 3 is 2.04 bits per heavy atom. The van der Waals surface area contributed by atoms with Crippen molar-refractivity contribution in [2.45, 2.75) is 48.5 Å². The number of halogens is 6. The highest BCUT2D eigenvalue weighted by molar-refractivity contribution is 7.98. The van der Waals surface area contributed by atoms with Crippen molar-refractivity contribution in [1.29, 1.82) is 0 Å². The molecule has 0 spiro atoms. The Hall–Kier alpha value is -0.200. The molecule has 2 unspecified atom stereocenters. The Labute approximate surface area is 139 Å². The molecule has 2 fully saturated rings. The molecule has 2 rings (SSSR count). The molecule has 0 aromatic rings. The zero-order valence-corrected chi connectivity index (χ0v) is 14.0. The first-order chi connectivity index (χ1) is 10.8. The first kappa shape index (κ1) is 20.1. The summed E-state index contributed by atoms with van der Waals surface area (Å²) >= 11 is -0.777. The number of hydrogen-bond acceptors (Lipinski definition) is 4. The maximum atomic E-state index is 13.8. The summed E-state index contributed by atoms with van der Waals surface area (Å²) in [6, 6.07) is 0. The van der Waals surface area contributed by atoms with E-state index in [1.807, 2.05) is 0 Å². The Morgan fingerprint density at radius 1 is 0.958 bits per heavy atom. The van der Waals surface area contributed by atoms with Gasteiger partial charge in [0.2, 0.25) is 0 Å². The summed E-state index contributed by atoms with van der Waals surface area (Å²) in [5, 5.41) is -11.7. The highest BCUT2D eigenvalue weighted by Crippen LogP contribution is 2.54. The minimum atomic E-state index is -6.70. The van der Waals surface area contributed by atoms with Gasteiger partial charge in [0.25, 0.3) is 0 Å². The number of nitrogens with zero attached hydrogens (tertiary/aromatic N) is 1. The number of alkyl halides is 6. The molecule has 2 atom stereocenters. The third kappa shape index (κ3) is 3.51. The van der Waals surface area contributed by atoms with Crippen LogP contribution in [0.4, 0.5) is 26.3 Å². The second-order valence-corrected chi connectivity index (χ2v) is 8.83. The Kier molecular flexibility index (Phi) is 5.46. The van der Waals surface area contributed by atoms with E-state index >= 15 is 0 Å². The van der Waals surface area contributed by atoms with Crippen molar-refractivity contribution in [3.05, 3.63) is 0 Å². The Morgan fingerprint density at radius 2 is 1.50 bits per heavy atom. The van der Waals surface area contributed by atoms with Crippen LogP contribution in [0.25, 0.3) is 0 Å². The topological polar surface area (TPSA) is 57.6 Å². The fraction of sp³-hybridized carbons (Fsp3) is 1.00. The zero-order chi connectivity index (χ0) is 18.4. The van der Waals surface area contributed by atoms with Crippen LogP contribution in [-0.2, 0) is 10.1 Å². The predicted molar refractivity (Wildman–Crippen MR) is 75.6 cm³/mol. The van der Waals surface area contributed by atoms with Crippen molar-refractivity contribution in [1.82, 2.24) is 4.31 Å². The summed E-state index contributed by atoms with van der Waals surface area (Å²) in [4.78, 5) is 0. The standard InChI is InChI=1S/C12H17F6NO3S2/c13-10(14,12(17,18)24(20,21)22)11(15,16)23-19-6-5-8-3-1-2-4-9(8)7-19/h8-9H,1-7H2,(H,20,21,22). The van der Waals surface area contributed by atoms with E-state index in [0.717, 1.165) is 30.0 Å². The highest BCUT2D eigenvalue weighted by Gasteiger charge is 2.78. The molecular weight excluding hydrogens is 384 g/mol. The van der Waals surface area contributed by atoms with E-state index in [9.17, 15) is 34.8 Å². The van der Waals surface area contributed by atoms with Gasteiger partial charge in [0.05, 0.1) is 0 Å². The normalized spacial score (nSPS) is 27.8. The minimum Gasteiger partial charge on any atom is -0.281 e. The minimum absolute atomic E-state index is 0.0228. The van der Waals surface area contributed by atoms with Crippen molar-refractivity contribution >= 4 is 22.1 Å².